The molecule has 0 bridgehead atoms. The van der Waals surface area contributed by atoms with E-state index in [0.29, 0.717) is 25.2 Å². The van der Waals surface area contributed by atoms with Crippen molar-refractivity contribution in [1.82, 2.24) is 9.80 Å². The van der Waals surface area contributed by atoms with Crippen LogP contribution in [0.1, 0.15) is 22.6 Å². The number of amides is 1. The van der Waals surface area contributed by atoms with Crippen molar-refractivity contribution in [3.05, 3.63) is 101 Å². The van der Waals surface area contributed by atoms with Crippen LogP contribution in [0.4, 0.5) is 5.69 Å². The van der Waals surface area contributed by atoms with Gasteiger partial charge in [0.1, 0.15) is 11.3 Å². The lowest BCUT2D eigenvalue weighted by Gasteiger charge is -2.50. The third-order valence-electron chi connectivity index (χ3n) is 8.48. The van der Waals surface area contributed by atoms with Gasteiger partial charge in [0.05, 0.1) is 12.5 Å². The summed E-state index contributed by atoms with van der Waals surface area (Å²) in [6.45, 7) is 1.61. The van der Waals surface area contributed by atoms with Crippen LogP contribution in [0.3, 0.4) is 0 Å². The number of para-hydroxylation sites is 1. The first-order valence-corrected chi connectivity index (χ1v) is 12.7. The van der Waals surface area contributed by atoms with E-state index in [1.54, 1.807) is 7.11 Å². The van der Waals surface area contributed by atoms with Crippen molar-refractivity contribution in [2.75, 3.05) is 46.2 Å². The van der Waals surface area contributed by atoms with Crippen molar-refractivity contribution in [2.45, 2.75) is 11.5 Å². The highest BCUT2D eigenvalue weighted by atomic mass is 16.5. The fraction of sp³-hybridized carbons (Fsp3) is 0.290. The first kappa shape index (κ1) is 23.6. The molecule has 3 aliphatic heterocycles. The van der Waals surface area contributed by atoms with Gasteiger partial charge < -0.3 is 15.0 Å². The second kappa shape index (κ2) is 8.68. The summed E-state index contributed by atoms with van der Waals surface area (Å²) in [5.74, 6) is 0.532. The Morgan fingerprint density at radius 1 is 0.946 bits per heavy atom. The number of carbonyl (C=O) groups excluding carboxylic acids is 2. The number of hydrogen-bond donors (Lipinski definition) is 1. The highest BCUT2D eigenvalue weighted by Crippen LogP contribution is 2.64. The number of anilines is 1. The summed E-state index contributed by atoms with van der Waals surface area (Å²) in [5.41, 5.74) is 2.27. The topological polar surface area (TPSA) is 61.9 Å². The third kappa shape index (κ3) is 3.26. The molecule has 3 aliphatic rings. The van der Waals surface area contributed by atoms with Crippen molar-refractivity contribution >= 4 is 23.5 Å². The molecule has 6 heteroatoms. The number of nitrogens with one attached hydrogen (secondary N) is 1. The van der Waals surface area contributed by atoms with Crippen LogP contribution in [0, 0.1) is 5.41 Å². The molecule has 188 valence electrons. The highest BCUT2D eigenvalue weighted by Gasteiger charge is 2.74. The largest absolute Gasteiger partial charge is 0.497 e. The first-order chi connectivity index (χ1) is 17.9. The number of likely N-dealkylation sites (N-methyl/N-ethyl adjacent to an activating group) is 2. The molecule has 3 heterocycles. The van der Waals surface area contributed by atoms with Crippen molar-refractivity contribution in [3.8, 4) is 5.75 Å². The fourth-order valence-electron chi connectivity index (χ4n) is 7.06. The Bertz CT molecular complexity index is 1400. The molecule has 2 saturated heterocycles. The van der Waals surface area contributed by atoms with E-state index in [4.69, 9.17) is 4.74 Å². The number of likely N-dealkylation sites (tertiary alicyclic amines) is 2. The molecule has 0 saturated carbocycles. The van der Waals surface area contributed by atoms with Crippen molar-refractivity contribution in [2.24, 2.45) is 5.41 Å². The molecule has 0 radical (unpaired) electrons. The number of carbonyl (C=O) groups is 2. The van der Waals surface area contributed by atoms with Gasteiger partial charge in [-0.2, -0.15) is 0 Å². The second-order valence-electron chi connectivity index (χ2n) is 10.5. The van der Waals surface area contributed by atoms with Crippen LogP contribution in [0.25, 0.3) is 6.08 Å². The number of benzene rings is 3. The van der Waals surface area contributed by atoms with Gasteiger partial charge in [-0.15, -0.1) is 0 Å². The number of piperidine rings is 1. The molecular weight excluding hydrogens is 462 g/mol. The molecule has 2 spiro atoms. The summed E-state index contributed by atoms with van der Waals surface area (Å²) >= 11 is 0. The predicted octanol–water partition coefficient (Wildman–Crippen LogP) is 4.16. The molecule has 1 N–H and O–H groups in total. The molecule has 0 unspecified atom stereocenters. The minimum absolute atomic E-state index is 0.0477. The van der Waals surface area contributed by atoms with Crippen molar-refractivity contribution in [1.29, 1.82) is 0 Å². The number of Topliss-reactive ketones (excluding diaryl/α,β-unsaturated/α-hetero) is 1. The van der Waals surface area contributed by atoms with E-state index in [1.807, 2.05) is 86.9 Å². The van der Waals surface area contributed by atoms with E-state index < -0.39 is 11.0 Å². The molecule has 0 aliphatic carbocycles. The molecule has 2 fully saturated rings. The average Bonchev–Trinajstić information content (AvgIpc) is 3.36. The van der Waals surface area contributed by atoms with Crippen LogP contribution < -0.4 is 10.1 Å². The van der Waals surface area contributed by atoms with E-state index in [9.17, 15) is 9.59 Å². The maximum absolute atomic E-state index is 14.9. The lowest BCUT2D eigenvalue weighted by atomic mass is 9.56. The number of hydrogen-bond acceptors (Lipinski definition) is 5. The lowest BCUT2D eigenvalue weighted by Crippen LogP contribution is -2.65. The minimum atomic E-state index is -1.12. The SMILES string of the molecule is COc1ccc(/C=C2\CN(C)C[C@@]3(C2=O)[C@@H](c2ccccc2)CN(C)[C@@]32C(=O)Nc3ccccc32)cc1. The minimum Gasteiger partial charge on any atom is -0.497 e. The number of nitrogens with zero attached hydrogens (tertiary/aromatic N) is 2. The third-order valence-corrected chi connectivity index (χ3v) is 8.48. The maximum atomic E-state index is 14.9. The zero-order chi connectivity index (χ0) is 25.8. The van der Waals surface area contributed by atoms with Gasteiger partial charge >= 0.3 is 0 Å². The van der Waals surface area contributed by atoms with Gasteiger partial charge in [-0.25, -0.2) is 0 Å². The van der Waals surface area contributed by atoms with Crippen molar-refractivity contribution in [3.63, 3.8) is 0 Å². The Labute approximate surface area is 217 Å². The van der Waals surface area contributed by atoms with Gasteiger partial charge in [-0.05, 0) is 49.5 Å². The Morgan fingerprint density at radius 3 is 2.38 bits per heavy atom. The number of rotatable bonds is 3. The Kier molecular flexibility index (Phi) is 5.55. The summed E-state index contributed by atoms with van der Waals surface area (Å²) < 4.78 is 5.31. The van der Waals surface area contributed by atoms with E-state index in [2.05, 4.69) is 27.2 Å². The summed E-state index contributed by atoms with van der Waals surface area (Å²) in [5, 5.41) is 3.13. The van der Waals surface area contributed by atoms with Gasteiger partial charge in [-0.3, -0.25) is 14.5 Å². The van der Waals surface area contributed by atoms with Crippen molar-refractivity contribution < 1.29 is 14.3 Å². The van der Waals surface area contributed by atoms with Gasteiger partial charge in [-0.1, -0.05) is 60.7 Å². The van der Waals surface area contributed by atoms with Crippen LogP contribution in [0.15, 0.2) is 84.4 Å². The van der Waals surface area contributed by atoms with E-state index >= 15 is 0 Å². The van der Waals surface area contributed by atoms with Gasteiger partial charge in [0, 0.05) is 42.4 Å². The van der Waals surface area contributed by atoms with E-state index in [-0.39, 0.29) is 17.6 Å². The van der Waals surface area contributed by atoms with Crippen LogP contribution in [-0.4, -0.2) is 62.3 Å². The molecule has 0 aromatic heterocycles. The molecule has 6 rings (SSSR count). The summed E-state index contributed by atoms with van der Waals surface area (Å²) in [6, 6.07) is 25.8. The predicted molar refractivity (Wildman–Crippen MR) is 144 cm³/mol. The van der Waals surface area contributed by atoms with Gasteiger partial charge in [0.15, 0.2) is 5.78 Å². The average molecular weight is 494 g/mol. The molecule has 3 aromatic rings. The molecule has 1 amide bonds. The quantitative estimate of drug-likeness (QED) is 0.556. The van der Waals surface area contributed by atoms with Gasteiger partial charge in [0.25, 0.3) is 5.91 Å². The fourth-order valence-corrected chi connectivity index (χ4v) is 7.06. The standard InChI is InChI=1S/C31H31N3O3/c1-33-18-23(17-21-13-15-24(37-3)16-14-21)28(35)30(20-33)26(22-9-5-4-6-10-22)19-34(2)31(30)25-11-7-8-12-27(25)32-29(31)36/h4-17,26H,18-20H2,1-3H3,(H,32,36)/b23-17+/t26-,30+,31+/m1/s1. The molecular formula is C31H31N3O3. The highest BCUT2D eigenvalue weighted by molar-refractivity contribution is 6.15. The Balaban J connectivity index is 1.59. The monoisotopic (exact) mass is 493 g/mol. The molecule has 37 heavy (non-hydrogen) atoms. The van der Waals surface area contributed by atoms with Crippen LogP contribution >= 0.6 is 0 Å². The van der Waals surface area contributed by atoms with Crippen LogP contribution in [0.2, 0.25) is 0 Å². The Hall–Kier alpha value is -3.74. The van der Waals surface area contributed by atoms with E-state index in [0.717, 1.165) is 28.1 Å². The first-order valence-electron chi connectivity index (χ1n) is 12.7. The zero-order valence-electron chi connectivity index (χ0n) is 21.4. The summed E-state index contributed by atoms with van der Waals surface area (Å²) in [4.78, 5) is 33.4. The number of ketones is 1. The molecule has 6 nitrogen and oxygen atoms in total. The number of methoxy groups -OCH3 is 1. The summed E-state index contributed by atoms with van der Waals surface area (Å²) in [7, 11) is 5.67. The Morgan fingerprint density at radius 2 is 1.65 bits per heavy atom. The van der Waals surface area contributed by atoms with Crippen LogP contribution in [-0.2, 0) is 15.1 Å². The zero-order valence-corrected chi connectivity index (χ0v) is 21.4. The molecule has 3 aromatic carbocycles. The summed E-state index contributed by atoms with van der Waals surface area (Å²) in [6.07, 6.45) is 1.98. The second-order valence-corrected chi connectivity index (χ2v) is 10.5. The molecule has 3 atom stereocenters. The smallest absolute Gasteiger partial charge is 0.250 e. The number of fused-ring (bicyclic) bond motifs is 3. The lowest BCUT2D eigenvalue weighted by molar-refractivity contribution is -0.146. The van der Waals surface area contributed by atoms with Crippen LogP contribution in [0.5, 0.6) is 5.75 Å². The van der Waals surface area contributed by atoms with Gasteiger partial charge in [0.2, 0.25) is 0 Å². The number of ether oxygens (including phenoxy) is 1. The normalized spacial score (nSPS) is 28.7. The van der Waals surface area contributed by atoms with E-state index in [1.165, 1.54) is 0 Å². The maximum Gasteiger partial charge on any atom is 0.250 e.